The number of carboxylic acids is 1. The highest BCUT2D eigenvalue weighted by molar-refractivity contribution is 5.77. The summed E-state index contributed by atoms with van der Waals surface area (Å²) in [7, 11) is 0. The van der Waals surface area contributed by atoms with Crippen molar-refractivity contribution >= 4 is 5.97 Å². The fraction of sp³-hybridized carbons (Fsp3) is 0.786. The van der Waals surface area contributed by atoms with Crippen LogP contribution in [0.3, 0.4) is 0 Å². The number of ether oxygens (including phenoxy) is 1. The first kappa shape index (κ1) is 13.5. The fourth-order valence-corrected chi connectivity index (χ4v) is 3.05. The van der Waals surface area contributed by atoms with Crippen molar-refractivity contribution in [3.63, 3.8) is 0 Å². The molecule has 1 aromatic rings. The van der Waals surface area contributed by atoms with Crippen LogP contribution in [0.4, 0.5) is 0 Å². The summed E-state index contributed by atoms with van der Waals surface area (Å²) in [5.41, 5.74) is -0.323. The molecule has 6 nitrogen and oxygen atoms in total. The topological polar surface area (TPSA) is 85.5 Å². The van der Waals surface area contributed by atoms with Crippen LogP contribution in [0.15, 0.2) is 4.52 Å². The van der Waals surface area contributed by atoms with Gasteiger partial charge in [-0.05, 0) is 31.1 Å². The average Bonchev–Trinajstić information content (AvgIpc) is 3.23. The number of hydrogen-bond acceptors (Lipinski definition) is 5. The summed E-state index contributed by atoms with van der Waals surface area (Å²) >= 11 is 0. The zero-order valence-electron chi connectivity index (χ0n) is 12.0. The van der Waals surface area contributed by atoms with Crippen molar-refractivity contribution in [2.45, 2.75) is 45.6 Å². The first-order valence-electron chi connectivity index (χ1n) is 7.14. The van der Waals surface area contributed by atoms with E-state index in [-0.39, 0.29) is 17.4 Å². The lowest BCUT2D eigenvalue weighted by Crippen LogP contribution is -2.08. The molecule has 0 aromatic carbocycles. The highest BCUT2D eigenvalue weighted by Crippen LogP contribution is 2.64. The smallest absolute Gasteiger partial charge is 0.307 e. The summed E-state index contributed by atoms with van der Waals surface area (Å²) in [5, 5.41) is 13.2. The maximum absolute atomic E-state index is 11.2. The van der Waals surface area contributed by atoms with Gasteiger partial charge >= 0.3 is 5.97 Å². The number of carbonyl (C=O) groups is 1. The summed E-state index contributed by atoms with van der Waals surface area (Å²) in [4.78, 5) is 15.6. The Morgan fingerprint density at radius 3 is 2.75 bits per heavy atom. The normalized spacial score (nSPS) is 29.1. The Morgan fingerprint density at radius 1 is 1.55 bits per heavy atom. The summed E-state index contributed by atoms with van der Waals surface area (Å²) in [5.74, 6) is 0.0372. The Morgan fingerprint density at radius 2 is 2.25 bits per heavy atom. The van der Waals surface area contributed by atoms with Gasteiger partial charge in [-0.25, -0.2) is 0 Å². The highest BCUT2D eigenvalue weighted by Gasteiger charge is 2.65. The molecule has 3 atom stereocenters. The van der Waals surface area contributed by atoms with Gasteiger partial charge in [-0.2, -0.15) is 4.98 Å². The van der Waals surface area contributed by atoms with Gasteiger partial charge in [-0.3, -0.25) is 4.79 Å². The van der Waals surface area contributed by atoms with E-state index in [2.05, 4.69) is 10.1 Å². The van der Waals surface area contributed by atoms with E-state index in [4.69, 9.17) is 9.26 Å². The molecule has 20 heavy (non-hydrogen) atoms. The number of hydrogen-bond donors (Lipinski definition) is 1. The van der Waals surface area contributed by atoms with Crippen molar-refractivity contribution in [2.24, 2.45) is 17.3 Å². The van der Waals surface area contributed by atoms with Crippen LogP contribution in [0.1, 0.15) is 57.3 Å². The van der Waals surface area contributed by atoms with Gasteiger partial charge < -0.3 is 14.4 Å². The van der Waals surface area contributed by atoms with Crippen LogP contribution in [-0.2, 0) is 9.53 Å². The molecule has 0 bridgehead atoms. The molecule has 3 unspecified atom stereocenters. The molecule has 0 amide bonds. The third-order valence-electron chi connectivity index (χ3n) is 4.47. The molecule has 1 heterocycles. The largest absolute Gasteiger partial charge is 0.481 e. The Balaban J connectivity index is 1.79. The predicted molar refractivity (Wildman–Crippen MR) is 69.0 cm³/mol. The SMILES string of the molecule is CCOC(c1noc(C2C(C(=O)O)C2(C)C)n1)C1CC1. The minimum atomic E-state index is -0.802. The number of carboxylic acid groups (broad SMARTS) is 1. The number of rotatable bonds is 6. The molecule has 110 valence electrons. The molecule has 2 aliphatic rings. The molecule has 1 aromatic heterocycles. The zero-order valence-corrected chi connectivity index (χ0v) is 12.0. The summed E-state index contributed by atoms with van der Waals surface area (Å²) in [6, 6.07) is 0. The van der Waals surface area contributed by atoms with E-state index in [1.54, 1.807) is 0 Å². The minimum absolute atomic E-state index is 0.109. The first-order chi connectivity index (χ1) is 9.46. The Labute approximate surface area is 117 Å². The van der Waals surface area contributed by atoms with Crippen LogP contribution in [0.2, 0.25) is 0 Å². The number of aliphatic carboxylic acids is 1. The van der Waals surface area contributed by atoms with Crippen LogP contribution >= 0.6 is 0 Å². The zero-order chi connectivity index (χ0) is 14.5. The van der Waals surface area contributed by atoms with Gasteiger partial charge in [-0.15, -0.1) is 0 Å². The maximum Gasteiger partial charge on any atom is 0.307 e. The number of nitrogens with zero attached hydrogens (tertiary/aromatic N) is 2. The van der Waals surface area contributed by atoms with E-state index in [1.807, 2.05) is 20.8 Å². The lowest BCUT2D eigenvalue weighted by atomic mass is 10.1. The van der Waals surface area contributed by atoms with Crippen molar-refractivity contribution in [1.82, 2.24) is 10.1 Å². The third kappa shape index (κ3) is 2.12. The molecule has 3 rings (SSSR count). The van der Waals surface area contributed by atoms with Crippen molar-refractivity contribution in [3.8, 4) is 0 Å². The van der Waals surface area contributed by atoms with Gasteiger partial charge in [0.1, 0.15) is 6.10 Å². The van der Waals surface area contributed by atoms with E-state index < -0.39 is 11.9 Å². The minimum Gasteiger partial charge on any atom is -0.481 e. The van der Waals surface area contributed by atoms with Crippen LogP contribution in [0.5, 0.6) is 0 Å². The number of aromatic nitrogens is 2. The lowest BCUT2D eigenvalue weighted by Gasteiger charge is -2.10. The van der Waals surface area contributed by atoms with Gasteiger partial charge in [0.2, 0.25) is 11.7 Å². The summed E-state index contributed by atoms with van der Waals surface area (Å²) < 4.78 is 11.0. The molecule has 0 radical (unpaired) electrons. The van der Waals surface area contributed by atoms with Crippen LogP contribution < -0.4 is 0 Å². The molecule has 6 heteroatoms. The van der Waals surface area contributed by atoms with Crippen molar-refractivity contribution < 1.29 is 19.2 Å². The van der Waals surface area contributed by atoms with E-state index in [0.717, 1.165) is 12.8 Å². The summed E-state index contributed by atoms with van der Waals surface area (Å²) in [6.45, 7) is 6.39. The van der Waals surface area contributed by atoms with E-state index >= 15 is 0 Å². The molecule has 2 aliphatic carbocycles. The predicted octanol–water partition coefficient (Wildman–Crippen LogP) is 2.38. The van der Waals surface area contributed by atoms with Gasteiger partial charge in [0.25, 0.3) is 0 Å². The lowest BCUT2D eigenvalue weighted by molar-refractivity contribution is -0.139. The molecule has 0 saturated heterocycles. The van der Waals surface area contributed by atoms with E-state index in [1.165, 1.54) is 0 Å². The van der Waals surface area contributed by atoms with Crippen molar-refractivity contribution in [2.75, 3.05) is 6.61 Å². The van der Waals surface area contributed by atoms with Gasteiger partial charge in [-0.1, -0.05) is 19.0 Å². The molecule has 2 fully saturated rings. The molecular formula is C14H20N2O4. The molecular weight excluding hydrogens is 260 g/mol. The quantitative estimate of drug-likeness (QED) is 0.861. The van der Waals surface area contributed by atoms with Crippen LogP contribution in [0.25, 0.3) is 0 Å². The van der Waals surface area contributed by atoms with E-state index in [0.29, 0.717) is 24.2 Å². The fourth-order valence-electron chi connectivity index (χ4n) is 3.05. The highest BCUT2D eigenvalue weighted by atomic mass is 16.5. The van der Waals surface area contributed by atoms with Gasteiger partial charge in [0.05, 0.1) is 11.8 Å². The first-order valence-corrected chi connectivity index (χ1v) is 7.14. The van der Waals surface area contributed by atoms with Gasteiger partial charge in [0, 0.05) is 6.61 Å². The Kier molecular flexibility index (Phi) is 3.08. The average molecular weight is 280 g/mol. The van der Waals surface area contributed by atoms with Crippen LogP contribution in [0, 0.1) is 17.3 Å². The Bertz CT molecular complexity index is 521. The molecule has 1 N–H and O–H groups in total. The monoisotopic (exact) mass is 280 g/mol. The second-order valence-corrected chi connectivity index (χ2v) is 6.32. The Hall–Kier alpha value is -1.43. The summed E-state index contributed by atoms with van der Waals surface area (Å²) in [6.07, 6.45) is 2.14. The van der Waals surface area contributed by atoms with Crippen molar-refractivity contribution in [1.29, 1.82) is 0 Å². The maximum atomic E-state index is 11.2. The second-order valence-electron chi connectivity index (χ2n) is 6.32. The van der Waals surface area contributed by atoms with E-state index in [9.17, 15) is 9.90 Å². The van der Waals surface area contributed by atoms with Crippen LogP contribution in [-0.4, -0.2) is 27.8 Å². The standard InChI is InChI=1S/C14H20N2O4/c1-4-19-10(7-5-6-7)11-15-12(20-16-11)8-9(13(17)18)14(8,2)3/h7-10H,4-6H2,1-3H3,(H,17,18). The molecule has 2 saturated carbocycles. The van der Waals surface area contributed by atoms with Gasteiger partial charge in [0.15, 0.2) is 0 Å². The second kappa shape index (κ2) is 4.55. The third-order valence-corrected chi connectivity index (χ3v) is 4.47. The molecule has 0 spiro atoms. The van der Waals surface area contributed by atoms with Crippen molar-refractivity contribution in [3.05, 3.63) is 11.7 Å². The molecule has 0 aliphatic heterocycles.